The van der Waals surface area contributed by atoms with Gasteiger partial charge in [-0.1, -0.05) is 6.08 Å². The Morgan fingerprint density at radius 1 is 1.31 bits per heavy atom. The van der Waals surface area contributed by atoms with Crippen LogP contribution in [0, 0.1) is 0 Å². The molecule has 6 heteroatoms. The Bertz CT molecular complexity index is 409. The smallest absolute Gasteiger partial charge is 0.264 e. The van der Waals surface area contributed by atoms with E-state index in [9.17, 15) is 13.6 Å². The van der Waals surface area contributed by atoms with Crippen LogP contribution in [0.1, 0.15) is 27.7 Å². The Labute approximate surface area is 96.8 Å². The molecule has 1 aliphatic heterocycles. The van der Waals surface area contributed by atoms with Crippen molar-refractivity contribution in [1.29, 1.82) is 0 Å². The first-order chi connectivity index (χ1) is 6.97. The zero-order chi connectivity index (χ0) is 12.8. The van der Waals surface area contributed by atoms with Crippen molar-refractivity contribution >= 4 is 10.1 Å². The van der Waals surface area contributed by atoms with E-state index in [1.165, 1.54) is 0 Å². The zero-order valence-corrected chi connectivity index (χ0v) is 11.1. The molecule has 0 aromatic heterocycles. The summed E-state index contributed by atoms with van der Waals surface area (Å²) in [5, 5.41) is 12.9. The molecule has 1 aliphatic rings. The van der Waals surface area contributed by atoms with Gasteiger partial charge in [0.2, 0.25) is 0 Å². The highest BCUT2D eigenvalue weighted by molar-refractivity contribution is 7.85. The molecule has 0 amide bonds. The molecule has 0 N–H and O–H groups in total. The van der Waals surface area contributed by atoms with Crippen LogP contribution in [-0.4, -0.2) is 37.4 Å². The molecule has 0 saturated carbocycles. The molecule has 1 rings (SSSR count). The van der Waals surface area contributed by atoms with Crippen molar-refractivity contribution in [3.8, 4) is 0 Å². The van der Waals surface area contributed by atoms with Gasteiger partial charge in [-0.05, 0) is 33.3 Å². The van der Waals surface area contributed by atoms with Crippen molar-refractivity contribution in [2.45, 2.75) is 38.8 Å². The van der Waals surface area contributed by atoms with E-state index in [0.717, 1.165) is 11.3 Å². The summed E-state index contributed by atoms with van der Waals surface area (Å²) in [7, 11) is -3.48. The quantitative estimate of drug-likeness (QED) is 0.554. The van der Waals surface area contributed by atoms with E-state index in [1.807, 2.05) is 0 Å². The lowest BCUT2D eigenvalue weighted by Gasteiger charge is -2.33. The Balaban J connectivity index is 2.89. The molecule has 0 saturated heterocycles. The van der Waals surface area contributed by atoms with Crippen LogP contribution in [0.2, 0.25) is 0 Å². The van der Waals surface area contributed by atoms with Crippen molar-refractivity contribution in [2.24, 2.45) is 0 Å². The predicted molar refractivity (Wildman–Crippen MR) is 59.6 cm³/mol. The summed E-state index contributed by atoms with van der Waals surface area (Å²) in [5.74, 6) is 0. The molecule has 0 aliphatic carbocycles. The molecular formula is C10H18NO4S. The Hall–Kier alpha value is -0.430. The van der Waals surface area contributed by atoms with Gasteiger partial charge in [0.1, 0.15) is 0 Å². The van der Waals surface area contributed by atoms with Gasteiger partial charge in [-0.2, -0.15) is 8.42 Å². The lowest BCUT2D eigenvalue weighted by molar-refractivity contribution is -0.239. The molecule has 0 aromatic carbocycles. The molecule has 0 bridgehead atoms. The summed E-state index contributed by atoms with van der Waals surface area (Å²) in [6.07, 6.45) is 2.76. The topological polar surface area (TPSA) is 66.5 Å². The van der Waals surface area contributed by atoms with E-state index in [-0.39, 0.29) is 6.61 Å². The first-order valence-corrected chi connectivity index (χ1v) is 6.82. The second kappa shape index (κ2) is 3.80. The second-order valence-corrected chi connectivity index (χ2v) is 6.79. The van der Waals surface area contributed by atoms with Crippen molar-refractivity contribution in [3.63, 3.8) is 0 Å². The maximum absolute atomic E-state index is 11.9. The highest BCUT2D eigenvalue weighted by Gasteiger charge is 2.46. The maximum Gasteiger partial charge on any atom is 0.264 e. The van der Waals surface area contributed by atoms with Gasteiger partial charge in [-0.15, -0.1) is 10.3 Å². The molecule has 0 unspecified atom stereocenters. The standard InChI is InChI=1S/C10H18NO4S/c1-9(2)6-8(7-15-16(5,13)14)10(3,4)11(9)12/h6H,7H2,1-5H3. The fraction of sp³-hybridized carbons (Fsp3) is 0.800. The fourth-order valence-electron chi connectivity index (χ4n) is 1.90. The summed E-state index contributed by atoms with van der Waals surface area (Å²) in [6, 6.07) is 0. The van der Waals surface area contributed by atoms with E-state index < -0.39 is 21.2 Å². The third kappa shape index (κ3) is 2.63. The lowest BCUT2D eigenvalue weighted by Crippen LogP contribution is -2.47. The number of nitrogens with zero attached hydrogens (tertiary/aromatic N) is 1. The van der Waals surface area contributed by atoms with Crippen LogP contribution in [0.3, 0.4) is 0 Å². The van der Waals surface area contributed by atoms with Crippen LogP contribution >= 0.6 is 0 Å². The molecule has 5 nitrogen and oxygen atoms in total. The predicted octanol–water partition coefficient (Wildman–Crippen LogP) is 1.11. The van der Waals surface area contributed by atoms with Crippen LogP contribution < -0.4 is 0 Å². The van der Waals surface area contributed by atoms with E-state index in [2.05, 4.69) is 0 Å². The largest absolute Gasteiger partial charge is 0.266 e. The van der Waals surface area contributed by atoms with Crippen molar-refractivity contribution in [1.82, 2.24) is 5.06 Å². The molecule has 1 heterocycles. The van der Waals surface area contributed by atoms with E-state index >= 15 is 0 Å². The third-order valence-corrected chi connectivity index (χ3v) is 3.32. The first kappa shape index (κ1) is 13.6. The second-order valence-electron chi connectivity index (χ2n) is 5.14. The zero-order valence-electron chi connectivity index (χ0n) is 10.3. The highest BCUT2D eigenvalue weighted by Crippen LogP contribution is 2.38. The van der Waals surface area contributed by atoms with Crippen molar-refractivity contribution in [2.75, 3.05) is 12.9 Å². The van der Waals surface area contributed by atoms with Gasteiger partial charge in [-0.25, -0.2) is 0 Å². The molecule has 0 aromatic rings. The summed E-state index contributed by atoms with van der Waals surface area (Å²) >= 11 is 0. The van der Waals surface area contributed by atoms with E-state index in [4.69, 9.17) is 4.18 Å². The number of hydroxylamine groups is 2. The number of rotatable bonds is 3. The van der Waals surface area contributed by atoms with Gasteiger partial charge in [0.15, 0.2) is 0 Å². The Morgan fingerprint density at radius 3 is 2.12 bits per heavy atom. The molecule has 93 valence electrons. The summed E-state index contributed by atoms with van der Waals surface area (Å²) < 4.78 is 26.5. The SMILES string of the molecule is CC1(C)C=C(COS(C)(=O)=O)C(C)(C)N1[O]. The minimum Gasteiger partial charge on any atom is -0.266 e. The third-order valence-electron chi connectivity index (χ3n) is 2.77. The van der Waals surface area contributed by atoms with Gasteiger partial charge in [0.25, 0.3) is 10.1 Å². The molecule has 0 spiro atoms. The van der Waals surface area contributed by atoms with Crippen molar-refractivity contribution < 1.29 is 17.8 Å². The first-order valence-electron chi connectivity index (χ1n) is 5.01. The van der Waals surface area contributed by atoms with Crippen LogP contribution in [0.25, 0.3) is 0 Å². The minimum atomic E-state index is -3.48. The molecule has 0 fully saturated rings. The van der Waals surface area contributed by atoms with Crippen LogP contribution in [0.15, 0.2) is 11.6 Å². The summed E-state index contributed by atoms with van der Waals surface area (Å²) in [6.45, 7) is 7.02. The maximum atomic E-state index is 11.9. The average molecular weight is 248 g/mol. The monoisotopic (exact) mass is 248 g/mol. The van der Waals surface area contributed by atoms with Crippen molar-refractivity contribution in [3.05, 3.63) is 11.6 Å². The Kier molecular flexibility index (Phi) is 3.24. The van der Waals surface area contributed by atoms with Gasteiger partial charge in [0, 0.05) is 0 Å². The lowest BCUT2D eigenvalue weighted by atomic mass is 9.97. The van der Waals surface area contributed by atoms with Crippen LogP contribution in [0.5, 0.6) is 0 Å². The van der Waals surface area contributed by atoms with Gasteiger partial charge >= 0.3 is 0 Å². The number of hydrogen-bond donors (Lipinski definition) is 0. The Morgan fingerprint density at radius 2 is 1.81 bits per heavy atom. The average Bonchev–Trinajstić information content (AvgIpc) is 2.22. The summed E-state index contributed by atoms with van der Waals surface area (Å²) in [4.78, 5) is 0. The molecular weight excluding hydrogens is 230 g/mol. The number of hydrogen-bond acceptors (Lipinski definition) is 4. The fourth-order valence-corrected chi connectivity index (χ4v) is 2.24. The van der Waals surface area contributed by atoms with E-state index in [1.54, 1.807) is 33.8 Å². The summed E-state index contributed by atoms with van der Waals surface area (Å²) in [5.41, 5.74) is -0.661. The van der Waals surface area contributed by atoms with Crippen LogP contribution in [-0.2, 0) is 19.5 Å². The molecule has 1 radical (unpaired) electrons. The van der Waals surface area contributed by atoms with Gasteiger partial charge < -0.3 is 0 Å². The van der Waals surface area contributed by atoms with E-state index in [0.29, 0.717) is 5.57 Å². The molecule has 16 heavy (non-hydrogen) atoms. The minimum absolute atomic E-state index is 0.0615. The van der Waals surface area contributed by atoms with Gasteiger partial charge in [0.05, 0.1) is 23.9 Å². The van der Waals surface area contributed by atoms with Crippen LogP contribution in [0.4, 0.5) is 0 Å². The molecule has 0 atom stereocenters. The normalized spacial score (nSPS) is 24.5. The van der Waals surface area contributed by atoms with Gasteiger partial charge in [-0.3, -0.25) is 4.18 Å². The highest BCUT2D eigenvalue weighted by atomic mass is 32.2.